The van der Waals surface area contributed by atoms with Crippen molar-refractivity contribution in [1.82, 2.24) is 10.2 Å². The van der Waals surface area contributed by atoms with Crippen molar-refractivity contribution in [3.63, 3.8) is 0 Å². The number of hydrogen-bond acceptors (Lipinski definition) is 6. The molecular weight excluding hydrogens is 542 g/mol. The molecule has 41 heavy (non-hydrogen) atoms. The molecule has 2 amide bonds. The van der Waals surface area contributed by atoms with E-state index < -0.39 is 28.5 Å². The van der Waals surface area contributed by atoms with Gasteiger partial charge in [-0.05, 0) is 68.7 Å². The van der Waals surface area contributed by atoms with Crippen LogP contribution < -0.4 is 19.1 Å². The Kier molecular flexibility index (Phi) is 11.2. The van der Waals surface area contributed by atoms with E-state index in [1.807, 2.05) is 51.1 Å². The topological polar surface area (TPSA) is 105 Å². The third-order valence-corrected chi connectivity index (χ3v) is 8.36. The minimum Gasteiger partial charge on any atom is -0.497 e. The lowest BCUT2D eigenvalue weighted by Gasteiger charge is -2.33. The number of methoxy groups -OCH3 is 2. The highest BCUT2D eigenvalue weighted by molar-refractivity contribution is 7.92. The van der Waals surface area contributed by atoms with Crippen molar-refractivity contribution in [1.29, 1.82) is 0 Å². The number of sulfonamides is 1. The van der Waals surface area contributed by atoms with Gasteiger partial charge in [-0.1, -0.05) is 49.4 Å². The van der Waals surface area contributed by atoms with Gasteiger partial charge in [-0.2, -0.15) is 0 Å². The average molecular weight is 582 g/mol. The summed E-state index contributed by atoms with van der Waals surface area (Å²) in [4.78, 5) is 28.8. The second-order valence-corrected chi connectivity index (χ2v) is 11.6. The van der Waals surface area contributed by atoms with Crippen LogP contribution >= 0.6 is 0 Å². The lowest BCUT2D eigenvalue weighted by atomic mass is 10.1. The van der Waals surface area contributed by atoms with Crippen LogP contribution in [-0.4, -0.2) is 64.5 Å². The molecule has 1 atom stereocenters. The van der Waals surface area contributed by atoms with Crippen LogP contribution in [0.25, 0.3) is 0 Å². The van der Waals surface area contributed by atoms with Crippen molar-refractivity contribution >= 4 is 27.5 Å². The number of carbonyl (C=O) groups excluding carboxylic acids is 2. The smallest absolute Gasteiger partial charge is 0.264 e. The number of amides is 2. The summed E-state index contributed by atoms with van der Waals surface area (Å²) in [6.45, 7) is 5.24. The molecule has 0 heterocycles. The Morgan fingerprint density at radius 2 is 1.51 bits per heavy atom. The van der Waals surface area contributed by atoms with E-state index >= 15 is 0 Å². The molecule has 3 rings (SSSR count). The van der Waals surface area contributed by atoms with Crippen molar-refractivity contribution < 1.29 is 27.5 Å². The highest BCUT2D eigenvalue weighted by atomic mass is 32.2. The Hall–Kier alpha value is -4.05. The zero-order valence-corrected chi connectivity index (χ0v) is 25.1. The van der Waals surface area contributed by atoms with Crippen LogP contribution in [0.1, 0.15) is 32.8 Å². The van der Waals surface area contributed by atoms with E-state index in [9.17, 15) is 18.0 Å². The first kappa shape index (κ1) is 31.5. The predicted molar refractivity (Wildman–Crippen MR) is 160 cm³/mol. The van der Waals surface area contributed by atoms with Gasteiger partial charge in [-0.15, -0.1) is 0 Å². The summed E-state index contributed by atoms with van der Waals surface area (Å²) in [6, 6.07) is 21.3. The maximum Gasteiger partial charge on any atom is 0.264 e. The minimum atomic E-state index is -4.23. The molecule has 0 radical (unpaired) electrons. The van der Waals surface area contributed by atoms with E-state index in [-0.39, 0.29) is 34.8 Å². The van der Waals surface area contributed by atoms with E-state index in [2.05, 4.69) is 5.32 Å². The number of rotatable bonds is 14. The van der Waals surface area contributed by atoms with Crippen molar-refractivity contribution in [2.75, 3.05) is 31.6 Å². The van der Waals surface area contributed by atoms with Gasteiger partial charge in [-0.3, -0.25) is 13.9 Å². The molecule has 0 aliphatic carbocycles. The van der Waals surface area contributed by atoms with Gasteiger partial charge in [0.05, 0.1) is 24.8 Å². The molecular formula is C31H39N3O6S. The molecule has 3 aromatic rings. The normalized spacial score (nSPS) is 12.0. The molecule has 220 valence electrons. The summed E-state index contributed by atoms with van der Waals surface area (Å²) in [5.41, 5.74) is 1.21. The van der Waals surface area contributed by atoms with Gasteiger partial charge < -0.3 is 19.7 Å². The van der Waals surface area contributed by atoms with Gasteiger partial charge in [0.1, 0.15) is 24.1 Å². The fourth-order valence-electron chi connectivity index (χ4n) is 4.50. The quantitative estimate of drug-likeness (QED) is 0.305. The van der Waals surface area contributed by atoms with Crippen molar-refractivity contribution in [2.24, 2.45) is 0 Å². The van der Waals surface area contributed by atoms with E-state index in [0.29, 0.717) is 18.6 Å². The molecule has 0 aliphatic heterocycles. The fourth-order valence-corrected chi connectivity index (χ4v) is 5.93. The third-order valence-electron chi connectivity index (χ3n) is 6.58. The van der Waals surface area contributed by atoms with Crippen molar-refractivity contribution in [3.8, 4) is 11.5 Å². The van der Waals surface area contributed by atoms with Crippen LogP contribution in [0.2, 0.25) is 0 Å². The minimum absolute atomic E-state index is 0.0163. The maximum atomic E-state index is 14.1. The molecule has 0 aromatic heterocycles. The Morgan fingerprint density at radius 3 is 2.10 bits per heavy atom. The second-order valence-electron chi connectivity index (χ2n) is 9.77. The molecule has 0 saturated heterocycles. The molecule has 0 spiro atoms. The SMILES string of the molecule is CC[C@@H](C(=O)NC(C)C)N(CCc1ccccc1)C(=O)CN(c1ccccc1OC)S(=O)(=O)c1ccc(OC)cc1. The van der Waals surface area contributed by atoms with Crippen molar-refractivity contribution in [2.45, 2.75) is 50.6 Å². The standard InChI is InChI=1S/C31H39N3O6S/c1-6-27(31(36)32-23(2)3)33(21-20-24-12-8-7-9-13-24)30(35)22-34(28-14-10-11-15-29(28)40-5)41(37,38)26-18-16-25(39-4)17-19-26/h7-19,23,27H,6,20-22H2,1-5H3,(H,32,36)/t27-/m0/s1. The van der Waals surface area contributed by atoms with E-state index in [1.165, 1.54) is 31.3 Å². The number of anilines is 1. The van der Waals surface area contributed by atoms with E-state index in [0.717, 1.165) is 9.87 Å². The fraction of sp³-hybridized carbons (Fsp3) is 0.355. The number of carbonyl (C=O) groups is 2. The van der Waals surface area contributed by atoms with Crippen LogP contribution in [0.15, 0.2) is 83.8 Å². The number of ether oxygens (including phenoxy) is 2. The third kappa shape index (κ3) is 8.00. The second kappa shape index (κ2) is 14.5. The van der Waals surface area contributed by atoms with Crippen LogP contribution in [-0.2, 0) is 26.0 Å². The van der Waals surface area contributed by atoms with Crippen LogP contribution in [0.5, 0.6) is 11.5 Å². The number of nitrogens with one attached hydrogen (secondary N) is 1. The number of benzene rings is 3. The first-order valence-electron chi connectivity index (χ1n) is 13.6. The van der Waals surface area contributed by atoms with E-state index in [1.54, 1.807) is 36.4 Å². The Morgan fingerprint density at radius 1 is 0.878 bits per heavy atom. The summed E-state index contributed by atoms with van der Waals surface area (Å²) >= 11 is 0. The monoisotopic (exact) mass is 581 g/mol. The maximum absolute atomic E-state index is 14.1. The van der Waals surface area contributed by atoms with Crippen LogP contribution in [0, 0.1) is 0 Å². The highest BCUT2D eigenvalue weighted by Gasteiger charge is 2.34. The van der Waals surface area contributed by atoms with Crippen LogP contribution in [0.4, 0.5) is 5.69 Å². The summed E-state index contributed by atoms with van der Waals surface area (Å²) in [7, 11) is -1.30. The number of nitrogens with zero attached hydrogens (tertiary/aromatic N) is 2. The van der Waals surface area contributed by atoms with E-state index in [4.69, 9.17) is 9.47 Å². The average Bonchev–Trinajstić information content (AvgIpc) is 2.97. The summed E-state index contributed by atoms with van der Waals surface area (Å²) in [5.74, 6) is -0.00355. The highest BCUT2D eigenvalue weighted by Crippen LogP contribution is 2.33. The van der Waals surface area contributed by atoms with Gasteiger partial charge in [0.2, 0.25) is 11.8 Å². The van der Waals surface area contributed by atoms with Gasteiger partial charge in [0, 0.05) is 12.6 Å². The lowest BCUT2D eigenvalue weighted by molar-refractivity contribution is -0.139. The summed E-state index contributed by atoms with van der Waals surface area (Å²) in [6.07, 6.45) is 0.858. The molecule has 0 bridgehead atoms. The molecule has 10 heteroatoms. The molecule has 0 fully saturated rings. The zero-order valence-electron chi connectivity index (χ0n) is 24.2. The van der Waals surface area contributed by atoms with Crippen LogP contribution in [0.3, 0.4) is 0 Å². The predicted octanol–water partition coefficient (Wildman–Crippen LogP) is 4.27. The van der Waals surface area contributed by atoms with Gasteiger partial charge in [0.15, 0.2) is 0 Å². The molecule has 9 nitrogen and oxygen atoms in total. The van der Waals surface area contributed by atoms with Gasteiger partial charge >= 0.3 is 0 Å². The van der Waals surface area contributed by atoms with Crippen molar-refractivity contribution in [3.05, 3.63) is 84.4 Å². The zero-order chi connectivity index (χ0) is 30.0. The first-order chi connectivity index (χ1) is 19.6. The Bertz CT molecular complexity index is 1390. The van der Waals surface area contributed by atoms with Gasteiger partial charge in [0.25, 0.3) is 10.0 Å². The number of hydrogen-bond donors (Lipinski definition) is 1. The Balaban J connectivity index is 2.05. The largest absolute Gasteiger partial charge is 0.497 e. The number of para-hydroxylation sites is 2. The molecule has 0 unspecified atom stereocenters. The Labute approximate surface area is 243 Å². The molecule has 0 aliphatic rings. The summed E-state index contributed by atoms with van der Waals surface area (Å²) < 4.78 is 39.8. The van der Waals surface area contributed by atoms with Gasteiger partial charge in [-0.25, -0.2) is 8.42 Å². The molecule has 0 saturated carbocycles. The summed E-state index contributed by atoms with van der Waals surface area (Å²) in [5, 5.41) is 2.90. The first-order valence-corrected chi connectivity index (χ1v) is 15.0. The lowest BCUT2D eigenvalue weighted by Crippen LogP contribution is -2.54. The molecule has 1 N–H and O–H groups in total. The molecule has 3 aromatic carbocycles.